The van der Waals surface area contributed by atoms with Crippen LogP contribution in [0.3, 0.4) is 0 Å². The third kappa shape index (κ3) is 2.77. The molecule has 0 aliphatic heterocycles. The molecule has 1 heterocycles. The van der Waals surface area contributed by atoms with E-state index in [-0.39, 0.29) is 5.78 Å². The van der Waals surface area contributed by atoms with Crippen molar-refractivity contribution in [3.63, 3.8) is 0 Å². The lowest BCUT2D eigenvalue weighted by Crippen LogP contribution is -2.02. The first-order valence-electron chi connectivity index (χ1n) is 5.96. The monoisotopic (exact) mass is 330 g/mol. The number of rotatable bonds is 3. The van der Waals surface area contributed by atoms with E-state index in [9.17, 15) is 4.79 Å². The predicted octanol–water partition coefficient (Wildman–Crippen LogP) is 5.09. The Balaban J connectivity index is 1.92. The Bertz CT molecular complexity index is 732. The molecule has 0 saturated carbocycles. The van der Waals surface area contributed by atoms with E-state index < -0.39 is 0 Å². The summed E-state index contributed by atoms with van der Waals surface area (Å²) in [6, 6.07) is 14.0. The second-order valence-electron chi connectivity index (χ2n) is 4.44. The lowest BCUT2D eigenvalue weighted by atomic mass is 10.0. The number of fused-ring (bicyclic) bond motifs is 1. The number of thiophene rings is 1. The third-order valence-corrected chi connectivity index (χ3v) is 4.29. The second kappa shape index (κ2) is 5.27. The number of hydrogen-bond acceptors (Lipinski definition) is 2. The average molecular weight is 331 g/mol. The number of carbonyl (C=O) groups excluding carboxylic acids is 1. The fourth-order valence-electron chi connectivity index (χ4n) is 2.07. The maximum absolute atomic E-state index is 12.2. The first-order chi connectivity index (χ1) is 9.22. The minimum absolute atomic E-state index is 0.170. The number of halogens is 1. The third-order valence-electron chi connectivity index (χ3n) is 3.07. The van der Waals surface area contributed by atoms with Gasteiger partial charge in [0.25, 0.3) is 0 Å². The van der Waals surface area contributed by atoms with Gasteiger partial charge in [-0.1, -0.05) is 34.1 Å². The van der Waals surface area contributed by atoms with Gasteiger partial charge in [-0.15, -0.1) is 0 Å². The normalized spacial score (nSPS) is 10.8. The average Bonchev–Trinajstić information content (AvgIpc) is 2.91. The Morgan fingerprint density at radius 1 is 1.05 bits per heavy atom. The molecule has 3 heteroatoms. The van der Waals surface area contributed by atoms with Crippen LogP contribution in [-0.2, 0) is 6.42 Å². The minimum atomic E-state index is 0.170. The van der Waals surface area contributed by atoms with Gasteiger partial charge in [-0.05, 0) is 51.4 Å². The maximum Gasteiger partial charge on any atom is 0.167 e. The van der Waals surface area contributed by atoms with Gasteiger partial charge in [-0.3, -0.25) is 4.79 Å². The van der Waals surface area contributed by atoms with E-state index >= 15 is 0 Å². The molecule has 0 spiro atoms. The number of ketones is 1. The smallest absolute Gasteiger partial charge is 0.167 e. The molecule has 0 radical (unpaired) electrons. The van der Waals surface area contributed by atoms with Crippen LogP contribution < -0.4 is 0 Å². The van der Waals surface area contributed by atoms with Crippen molar-refractivity contribution in [2.75, 3.05) is 0 Å². The zero-order chi connectivity index (χ0) is 13.2. The minimum Gasteiger partial charge on any atom is -0.294 e. The zero-order valence-corrected chi connectivity index (χ0v) is 12.5. The van der Waals surface area contributed by atoms with Crippen molar-refractivity contribution in [2.45, 2.75) is 6.42 Å². The highest BCUT2D eigenvalue weighted by atomic mass is 79.9. The summed E-state index contributed by atoms with van der Waals surface area (Å²) in [4.78, 5) is 12.2. The molecule has 0 bridgehead atoms. The van der Waals surface area contributed by atoms with E-state index in [1.165, 1.54) is 0 Å². The summed E-state index contributed by atoms with van der Waals surface area (Å²) >= 11 is 5.08. The quantitative estimate of drug-likeness (QED) is 0.611. The van der Waals surface area contributed by atoms with Gasteiger partial charge in [0.2, 0.25) is 0 Å². The van der Waals surface area contributed by atoms with Gasteiger partial charge in [-0.2, -0.15) is 11.3 Å². The number of benzene rings is 2. The van der Waals surface area contributed by atoms with Crippen LogP contribution in [0.25, 0.3) is 10.8 Å². The molecule has 0 fully saturated rings. The molecule has 3 aromatic rings. The van der Waals surface area contributed by atoms with Gasteiger partial charge in [-0.25, -0.2) is 0 Å². The molecular formula is C16H11BrOS. The summed E-state index contributed by atoms with van der Waals surface area (Å²) in [5.74, 6) is 0.170. The lowest BCUT2D eigenvalue weighted by molar-refractivity contribution is 0.0993. The molecule has 1 aromatic heterocycles. The Morgan fingerprint density at radius 3 is 2.63 bits per heavy atom. The first kappa shape index (κ1) is 12.6. The maximum atomic E-state index is 12.2. The lowest BCUT2D eigenvalue weighted by Gasteiger charge is -2.03. The van der Waals surface area contributed by atoms with Crippen LogP contribution in [-0.4, -0.2) is 5.78 Å². The Hall–Kier alpha value is -1.45. The molecule has 0 atom stereocenters. The molecule has 0 saturated heterocycles. The van der Waals surface area contributed by atoms with E-state index in [1.807, 2.05) is 47.2 Å². The molecule has 0 aliphatic carbocycles. The van der Waals surface area contributed by atoms with Crippen LogP contribution >= 0.6 is 27.3 Å². The molecule has 0 amide bonds. The molecular weight excluding hydrogens is 320 g/mol. The van der Waals surface area contributed by atoms with Crippen LogP contribution in [0.15, 0.2) is 57.7 Å². The summed E-state index contributed by atoms with van der Waals surface area (Å²) < 4.78 is 1.05. The number of Topliss-reactive ketones (excluding diaryl/α,β-unsaturated/α-hetero) is 1. The van der Waals surface area contributed by atoms with E-state index in [2.05, 4.69) is 22.0 Å². The molecule has 3 rings (SSSR count). The highest BCUT2D eigenvalue weighted by Gasteiger charge is 2.08. The first-order valence-corrected chi connectivity index (χ1v) is 7.69. The zero-order valence-electron chi connectivity index (χ0n) is 10.1. The van der Waals surface area contributed by atoms with E-state index in [0.29, 0.717) is 6.42 Å². The van der Waals surface area contributed by atoms with Crippen molar-refractivity contribution in [1.29, 1.82) is 0 Å². The van der Waals surface area contributed by atoms with Crippen molar-refractivity contribution in [1.82, 2.24) is 0 Å². The summed E-state index contributed by atoms with van der Waals surface area (Å²) in [5, 5.41) is 6.26. The molecule has 2 aromatic carbocycles. The largest absolute Gasteiger partial charge is 0.294 e. The van der Waals surface area contributed by atoms with Crippen LogP contribution in [0.2, 0.25) is 0 Å². The summed E-state index contributed by atoms with van der Waals surface area (Å²) in [6.45, 7) is 0. The molecule has 1 nitrogen and oxygen atoms in total. The van der Waals surface area contributed by atoms with Crippen LogP contribution in [0.1, 0.15) is 15.9 Å². The number of carbonyl (C=O) groups is 1. The molecule has 94 valence electrons. The standard InChI is InChI=1S/C16H11BrOS/c17-15-4-3-12-8-14(2-1-13(12)9-15)16(18)7-11-5-6-19-10-11/h1-6,8-10H,7H2. The van der Waals surface area contributed by atoms with Crippen LogP contribution in [0.4, 0.5) is 0 Å². The predicted molar refractivity (Wildman–Crippen MR) is 84.0 cm³/mol. The number of hydrogen-bond donors (Lipinski definition) is 0. The van der Waals surface area contributed by atoms with Crippen molar-refractivity contribution in [2.24, 2.45) is 0 Å². The highest BCUT2D eigenvalue weighted by molar-refractivity contribution is 9.10. The molecule has 19 heavy (non-hydrogen) atoms. The van der Waals surface area contributed by atoms with Crippen molar-refractivity contribution >= 4 is 43.8 Å². The van der Waals surface area contributed by atoms with E-state index in [4.69, 9.17) is 0 Å². The van der Waals surface area contributed by atoms with E-state index in [1.54, 1.807) is 11.3 Å². The Kier molecular flexibility index (Phi) is 3.49. The van der Waals surface area contributed by atoms with Crippen molar-refractivity contribution < 1.29 is 4.79 Å². The van der Waals surface area contributed by atoms with Crippen LogP contribution in [0, 0.1) is 0 Å². The van der Waals surface area contributed by atoms with Gasteiger partial charge < -0.3 is 0 Å². The van der Waals surface area contributed by atoms with Crippen LogP contribution in [0.5, 0.6) is 0 Å². The molecule has 0 N–H and O–H groups in total. The fraction of sp³-hybridized carbons (Fsp3) is 0.0625. The SMILES string of the molecule is O=C(Cc1ccsc1)c1ccc2cc(Br)ccc2c1. The van der Waals surface area contributed by atoms with Gasteiger partial charge in [0, 0.05) is 16.5 Å². The highest BCUT2D eigenvalue weighted by Crippen LogP contribution is 2.22. The van der Waals surface area contributed by atoms with Crippen molar-refractivity contribution in [3.05, 3.63) is 68.8 Å². The van der Waals surface area contributed by atoms with E-state index in [0.717, 1.165) is 26.4 Å². The summed E-state index contributed by atoms with van der Waals surface area (Å²) in [7, 11) is 0. The summed E-state index contributed by atoms with van der Waals surface area (Å²) in [6.07, 6.45) is 0.478. The van der Waals surface area contributed by atoms with Crippen molar-refractivity contribution in [3.8, 4) is 0 Å². The Morgan fingerprint density at radius 2 is 1.84 bits per heavy atom. The summed E-state index contributed by atoms with van der Waals surface area (Å²) in [5.41, 5.74) is 1.87. The fourth-order valence-corrected chi connectivity index (χ4v) is 3.12. The second-order valence-corrected chi connectivity index (χ2v) is 6.13. The van der Waals surface area contributed by atoms with Gasteiger partial charge in [0.15, 0.2) is 5.78 Å². The molecule has 0 aliphatic rings. The Labute approximate surface area is 124 Å². The van der Waals surface area contributed by atoms with Gasteiger partial charge in [0.1, 0.15) is 0 Å². The topological polar surface area (TPSA) is 17.1 Å². The van der Waals surface area contributed by atoms with Gasteiger partial charge >= 0.3 is 0 Å². The van der Waals surface area contributed by atoms with Gasteiger partial charge in [0.05, 0.1) is 0 Å². The molecule has 0 unspecified atom stereocenters.